The van der Waals surface area contributed by atoms with Crippen molar-refractivity contribution in [1.82, 2.24) is 9.97 Å². The van der Waals surface area contributed by atoms with Gasteiger partial charge in [0.15, 0.2) is 7.98 Å². The summed E-state index contributed by atoms with van der Waals surface area (Å²) in [5, 5.41) is 139. The summed E-state index contributed by atoms with van der Waals surface area (Å²) in [6.45, 7) is 0. The van der Waals surface area contributed by atoms with Crippen LogP contribution in [0.1, 0.15) is 185 Å². The second-order valence-electron chi connectivity index (χ2n) is 22.0. The third-order valence-corrected chi connectivity index (χ3v) is 14.6. The molecule has 0 spiro atoms. The van der Waals surface area contributed by atoms with Gasteiger partial charge >= 0.3 is 83.6 Å². The molecular weight excluding hydrogens is 1840 g/mol. The van der Waals surface area contributed by atoms with Gasteiger partial charge in [-0.2, -0.15) is 31.5 Å². The molecule has 11 aromatic rings. The van der Waals surface area contributed by atoms with Crippen LogP contribution in [0.3, 0.4) is 0 Å². The van der Waals surface area contributed by atoms with E-state index in [1.54, 1.807) is 61.2 Å². The summed E-state index contributed by atoms with van der Waals surface area (Å²) in [5.74, 6) is -18.0. The van der Waals surface area contributed by atoms with E-state index in [0.29, 0.717) is 12.1 Å². The van der Waals surface area contributed by atoms with Gasteiger partial charge in [0.05, 0.1) is 66.8 Å². The van der Waals surface area contributed by atoms with Gasteiger partial charge in [-0.25, -0.2) is 67.1 Å². The Labute approximate surface area is 778 Å². The van der Waals surface area contributed by atoms with E-state index in [-0.39, 0.29) is 144 Å². The van der Waals surface area contributed by atoms with Crippen LogP contribution in [0, 0.1) is 0 Å². The normalized spacial score (nSPS) is 9.02. The average molecular weight is 1930 g/mol. The third-order valence-electron chi connectivity index (χ3n) is 14.6. The Morgan fingerprint density at radius 2 is 0.468 bits per heavy atom. The van der Waals surface area contributed by atoms with E-state index in [1.807, 2.05) is 47.3 Å². The van der Waals surface area contributed by atoms with E-state index in [2.05, 4.69) is 71.8 Å². The first-order valence-corrected chi connectivity index (χ1v) is 33.5. The number of rotatable bonds is 18. The van der Waals surface area contributed by atoms with E-state index < -0.39 is 106 Å². The van der Waals surface area contributed by atoms with Crippen LogP contribution in [-0.4, -0.2) is 224 Å². The Morgan fingerprint density at radius 3 is 0.635 bits per heavy atom. The van der Waals surface area contributed by atoms with Gasteiger partial charge in [0, 0.05) is 99.5 Å². The molecule has 0 saturated carbocycles. The smallest absolute Gasteiger partial charge is 0.339 e. The average Bonchev–Trinajstić information content (AvgIpc) is 0.794. The van der Waals surface area contributed by atoms with Crippen LogP contribution in [0.2, 0.25) is 0 Å². The molecule has 0 bridgehead atoms. The number of carboxylic acid groups (broad SMARTS) is 14. The fourth-order valence-electron chi connectivity index (χ4n) is 8.95. The van der Waals surface area contributed by atoms with Crippen LogP contribution in [0.15, 0.2) is 237 Å². The zero-order chi connectivity index (χ0) is 95.2. The van der Waals surface area contributed by atoms with E-state index in [4.69, 9.17) is 77.5 Å². The van der Waals surface area contributed by atoms with Gasteiger partial charge in [0.1, 0.15) is 22.6 Å². The molecule has 0 aliphatic carbocycles. The third kappa shape index (κ3) is 41.6. The molecule has 648 valence electrons. The molecule has 9 aromatic carbocycles. The summed E-state index contributed by atoms with van der Waals surface area (Å²) in [6, 6.07) is 50.9. The number of anilines is 1. The van der Waals surface area contributed by atoms with Crippen molar-refractivity contribution in [2.24, 2.45) is 5.64 Å². The minimum Gasteiger partial charge on any atom is -0.507 e. The van der Waals surface area contributed by atoms with E-state index in [0.717, 1.165) is 57.6 Å². The largest absolute Gasteiger partial charge is 0.507 e. The molecule has 0 aliphatic heterocycles. The van der Waals surface area contributed by atoms with Crippen molar-refractivity contribution in [2.75, 3.05) is 5.73 Å². The Bertz CT molecular complexity index is 4970. The van der Waals surface area contributed by atoms with Crippen LogP contribution in [-0.2, 0) is 32.7 Å². The van der Waals surface area contributed by atoms with Gasteiger partial charge in [-0.15, -0.1) is 0 Å². The number of halogens is 1. The van der Waals surface area contributed by atoms with Crippen LogP contribution < -0.4 is 11.4 Å². The van der Waals surface area contributed by atoms with Crippen LogP contribution >= 0.6 is 31.5 Å². The van der Waals surface area contributed by atoms with E-state index >= 15 is 0 Å². The van der Waals surface area contributed by atoms with Gasteiger partial charge in [0.25, 0.3) is 0 Å². The number of benzene rings is 9. The summed E-state index contributed by atoms with van der Waals surface area (Å²) >= 11 is 2.13. The fraction of sp³-hybridized carbons (Fsp3) is 0.0602. The number of carboxylic acids is 14. The van der Waals surface area contributed by atoms with Crippen molar-refractivity contribution in [2.45, 2.75) is 37.1 Å². The maximum absolute atomic E-state index is 11.2. The summed E-state index contributed by atoms with van der Waals surface area (Å²) in [5.41, 5.74) is 15.1. The minimum absolute atomic E-state index is 0. The number of aromatic nitrogens is 2. The quantitative estimate of drug-likeness (QED) is 0.0125. The molecule has 43 heteroatoms. The molecular formula is C83H83B6IN4O30PY. The van der Waals surface area contributed by atoms with E-state index in [1.165, 1.54) is 123 Å². The molecule has 11 rings (SSSR count). The second kappa shape index (κ2) is 63.8. The van der Waals surface area contributed by atoms with Crippen LogP contribution in [0.25, 0.3) is 44.5 Å². The second-order valence-corrected chi connectivity index (χ2v) is 24.5. The number of nitrogen functional groups attached to an aromatic ring is 1. The molecule has 0 saturated heterocycles. The van der Waals surface area contributed by atoms with Gasteiger partial charge in [0.2, 0.25) is 4.86 Å². The molecule has 20 N–H and O–H groups in total. The Hall–Kier alpha value is -14.1. The molecule has 0 fully saturated rings. The fourth-order valence-corrected chi connectivity index (χ4v) is 8.95. The first-order valence-electron chi connectivity index (χ1n) is 34.7. The van der Waals surface area contributed by atoms with Crippen molar-refractivity contribution in [1.29, 1.82) is 2.67 Å². The monoisotopic (exact) mass is 1930 g/mol. The molecule has 2 aromatic heterocycles. The first-order chi connectivity index (χ1) is 58.8. The number of aromatic carboxylic acids is 14. The first kappa shape index (κ1) is 118. The Morgan fingerprint density at radius 1 is 0.302 bits per heavy atom. The summed E-state index contributed by atoms with van der Waals surface area (Å²) in [7, 11) is 16.4. The van der Waals surface area contributed by atoms with Crippen LogP contribution in [0.4, 0.5) is 5.69 Å². The summed E-state index contributed by atoms with van der Waals surface area (Å²) < 4.78 is 22.0. The molecule has 1 unspecified atom stereocenters. The maximum Gasteiger partial charge on any atom is 0.339 e. The number of hydrogen-bond donors (Lipinski definition) is 18. The molecule has 2 heterocycles. The predicted octanol–water partition coefficient (Wildman–Crippen LogP) is 13.0. The SMILES string of the molecule is C.C.C.Nc1cc(C(=O)O)ccc1C(=O)O.O=C(O)c1cc(C(=O)O)cc(C(=O)O)c1.O=C(O)c1cc(O)c(C(=O)O)cc1O.O=C(O)c1ccc(-c2cc(-c3ccc(C(=O)O)cc3)cc(-c3ccc(C(=O)O)cc3)c2)cc1.O=C(O)c1ccc(C(=O)O)cc1.O=C(O)c1ccc(C(=O)O)cc1.P[B]I.[2H]C.[2H]C.[2H][B].[3H][B].[B].[B].[B]N.[Y].c1cc(-c2ccncc2)ccn1. The minimum atomic E-state index is -1.45. The zero-order valence-corrected chi connectivity index (χ0v) is 70.1. The number of pyridine rings is 2. The van der Waals surface area contributed by atoms with Gasteiger partial charge < -0.3 is 93.1 Å². The molecule has 0 aliphatic rings. The van der Waals surface area contributed by atoms with Crippen molar-refractivity contribution in [3.63, 3.8) is 0 Å². The Balaban J connectivity index is -0.000000224. The van der Waals surface area contributed by atoms with Crippen LogP contribution in [0.5, 0.6) is 11.5 Å². The molecule has 0 amide bonds. The number of nitrogens with zero attached hydrogens (tertiary/aromatic N) is 2. The van der Waals surface area contributed by atoms with Gasteiger partial charge in [-0.05, 0) is 223 Å². The van der Waals surface area contributed by atoms with Crippen molar-refractivity contribution in [3.8, 4) is 56.0 Å². The van der Waals surface area contributed by atoms with E-state index in [9.17, 15) is 82.4 Å². The topological polar surface area (TPSA) is 640 Å². The molecule has 1 atom stereocenters. The number of nitrogens with two attached hydrogens (primary N) is 2. The van der Waals surface area contributed by atoms with Gasteiger partial charge in [-0.3, -0.25) is 9.97 Å². The number of aromatic hydroxyl groups is 2. The molecule has 126 heavy (non-hydrogen) atoms. The number of phenols is 2. The zero-order valence-electron chi connectivity index (χ0n) is 67.9. The molecule has 34 nitrogen and oxygen atoms in total. The van der Waals surface area contributed by atoms with Gasteiger partial charge in [-0.1, -0.05) is 73.5 Å². The van der Waals surface area contributed by atoms with Crippen molar-refractivity contribution < 1.29 is 184 Å². The maximum atomic E-state index is 11.2. The standard InChI is InChI=1S/C27H18O6.C10H8N2.C9H6O6.C8H7NO4.C8H6O6.2C8H6O4.5CH4.BH2IP.BH2N.2BH.2B.Y/c28-25(29)19-7-1-16(2-8-19)22-13-23(17-3-9-20(10-4-17)26(30)31)15-24(14-22)18-5-11-21(12-6-18)27(32)33;1-5-11-6-2-9(1)10-3-7-12-8-4-10;10-7(11)4-1-5(8(12)13)3-6(2-4)9(14)15;9-6-3-4(7(10)11)1-2-5(6)8(12)13;9-5-1-3(7(11)12)6(10)2-4(5)8(13)14;2*9-7(10)5-1-2-6(4-3-5)8(11)12;;;;;;2-1-3;1-2;;;;;/h1-15H,(H,28,29)(H,30,31)(H,32,33);1-8H;1-3H,(H,10,11)(H,12,13)(H,14,15);1-3H,9H2,(H,10,11)(H,12,13);1-2,9-10H,(H,11,12)(H,13,14);2*1-4H,(H,9,10)(H,11,12);5*1H4;3H2;2H2;2*1H;;;/i;;;;;;;2*1D;;;;;;1T;1D;;;. The number of hydrogen-bond acceptors (Lipinski definition) is 20. The van der Waals surface area contributed by atoms with Crippen molar-refractivity contribution >= 4 is 167 Å². The predicted molar refractivity (Wildman–Crippen MR) is 486 cm³/mol. The summed E-state index contributed by atoms with van der Waals surface area (Å²) in [6.07, 6.45) is 7.15. The van der Waals surface area contributed by atoms with Crippen molar-refractivity contribution in [3.05, 3.63) is 315 Å². The Kier molecular flexibility index (Phi) is 59.8. The summed E-state index contributed by atoms with van der Waals surface area (Å²) in [4.78, 5) is 158. The molecule has 14 radical (unpaired) electrons. The number of carbonyl (C=O) groups is 14.